The van der Waals surface area contributed by atoms with Crippen LogP contribution >= 0.6 is 0 Å². The van der Waals surface area contributed by atoms with Crippen LogP contribution in [0, 0.1) is 0 Å². The smallest absolute Gasteiger partial charge is 0.0363 e. The summed E-state index contributed by atoms with van der Waals surface area (Å²) in [6, 6.07) is 2.91. The van der Waals surface area contributed by atoms with Crippen LogP contribution in [-0.4, -0.2) is 23.0 Å². The Balaban J connectivity index is 2.20. The van der Waals surface area contributed by atoms with Gasteiger partial charge in [-0.25, -0.2) is 0 Å². The van der Waals surface area contributed by atoms with E-state index in [4.69, 9.17) is 0 Å². The molecule has 0 saturated carbocycles. The van der Waals surface area contributed by atoms with Crippen LogP contribution in [0.15, 0.2) is 12.3 Å². The fourth-order valence-electron chi connectivity index (χ4n) is 2.59. The van der Waals surface area contributed by atoms with Gasteiger partial charge in [0.05, 0.1) is 0 Å². The predicted molar refractivity (Wildman–Crippen MR) is 59.4 cm³/mol. The van der Waals surface area contributed by atoms with E-state index >= 15 is 0 Å². The molecule has 0 spiro atoms. The molecule has 1 atom stereocenters. The topological polar surface area (TPSA) is 19.0 Å². The zero-order valence-electron chi connectivity index (χ0n) is 9.21. The minimum Gasteiger partial charge on any atom is -0.365 e. The number of rotatable bonds is 3. The molecule has 1 aliphatic heterocycles. The van der Waals surface area contributed by atoms with Crippen LogP contribution in [0.5, 0.6) is 0 Å². The van der Waals surface area contributed by atoms with E-state index in [-0.39, 0.29) is 0 Å². The minimum atomic E-state index is 0.657. The van der Waals surface area contributed by atoms with E-state index < -0.39 is 0 Å². The molecule has 2 heterocycles. The summed E-state index contributed by atoms with van der Waals surface area (Å²) in [4.78, 5) is 5.98. The van der Waals surface area contributed by atoms with Crippen LogP contribution in [0.1, 0.15) is 44.0 Å². The van der Waals surface area contributed by atoms with Gasteiger partial charge >= 0.3 is 0 Å². The number of H-pyrrole nitrogens is 1. The number of aromatic amines is 1. The summed E-state index contributed by atoms with van der Waals surface area (Å²) in [5.74, 6) is 0. The number of hydrogen-bond donors (Lipinski definition) is 1. The van der Waals surface area contributed by atoms with Gasteiger partial charge in [0.15, 0.2) is 0 Å². The zero-order chi connectivity index (χ0) is 9.97. The van der Waals surface area contributed by atoms with Gasteiger partial charge in [0.25, 0.3) is 0 Å². The number of hydrogen-bond acceptors (Lipinski definition) is 1. The number of aromatic nitrogens is 1. The van der Waals surface area contributed by atoms with Gasteiger partial charge in [-0.3, -0.25) is 4.90 Å². The molecular weight excluding hydrogens is 172 g/mol. The monoisotopic (exact) mass is 192 g/mol. The standard InChI is InChI=1S/C12H20N2/c1-3-8-14-9-6-11-10(5-7-13-11)12(14)4-2/h5,7,12-13H,3-4,6,8-9H2,1-2H3/t12-/m1/s1. The zero-order valence-corrected chi connectivity index (χ0v) is 9.21. The highest BCUT2D eigenvalue weighted by molar-refractivity contribution is 5.27. The van der Waals surface area contributed by atoms with Gasteiger partial charge in [-0.1, -0.05) is 13.8 Å². The third kappa shape index (κ3) is 1.59. The Morgan fingerprint density at radius 3 is 3.07 bits per heavy atom. The molecule has 1 N–H and O–H groups in total. The Bertz CT molecular complexity index is 290. The molecule has 0 saturated heterocycles. The maximum atomic E-state index is 3.36. The first-order chi connectivity index (χ1) is 6.86. The van der Waals surface area contributed by atoms with Gasteiger partial charge in [-0.15, -0.1) is 0 Å². The van der Waals surface area contributed by atoms with Crippen molar-refractivity contribution < 1.29 is 0 Å². The van der Waals surface area contributed by atoms with Crippen molar-refractivity contribution in [3.8, 4) is 0 Å². The van der Waals surface area contributed by atoms with Gasteiger partial charge in [0.2, 0.25) is 0 Å². The van der Waals surface area contributed by atoms with E-state index in [9.17, 15) is 0 Å². The molecule has 78 valence electrons. The summed E-state index contributed by atoms with van der Waals surface area (Å²) in [6.07, 6.45) is 5.77. The first-order valence-electron chi connectivity index (χ1n) is 5.77. The Kier molecular flexibility index (Phi) is 2.92. The first kappa shape index (κ1) is 9.78. The molecule has 0 amide bonds. The maximum absolute atomic E-state index is 3.36. The van der Waals surface area contributed by atoms with E-state index in [2.05, 4.69) is 36.0 Å². The van der Waals surface area contributed by atoms with Crippen LogP contribution < -0.4 is 0 Å². The van der Waals surface area contributed by atoms with Crippen molar-refractivity contribution in [1.82, 2.24) is 9.88 Å². The Morgan fingerprint density at radius 2 is 2.36 bits per heavy atom. The highest BCUT2D eigenvalue weighted by Gasteiger charge is 2.25. The van der Waals surface area contributed by atoms with Crippen LogP contribution in [0.25, 0.3) is 0 Å². The lowest BCUT2D eigenvalue weighted by Crippen LogP contribution is -2.35. The molecule has 0 aromatic carbocycles. The Labute approximate surface area is 86.3 Å². The lowest BCUT2D eigenvalue weighted by molar-refractivity contribution is 0.180. The van der Waals surface area contributed by atoms with Gasteiger partial charge in [-0.05, 0) is 31.0 Å². The van der Waals surface area contributed by atoms with Gasteiger partial charge < -0.3 is 4.98 Å². The van der Waals surface area contributed by atoms with Crippen molar-refractivity contribution in [3.63, 3.8) is 0 Å². The van der Waals surface area contributed by atoms with E-state index in [1.165, 1.54) is 43.6 Å². The molecule has 0 fully saturated rings. The molecule has 2 nitrogen and oxygen atoms in total. The average Bonchev–Trinajstić information content (AvgIpc) is 2.66. The molecule has 2 heteroatoms. The predicted octanol–water partition coefficient (Wildman–Crippen LogP) is 2.73. The number of nitrogens with one attached hydrogen (secondary N) is 1. The molecule has 2 rings (SSSR count). The summed E-state index contributed by atoms with van der Waals surface area (Å²) in [5, 5.41) is 0. The lowest BCUT2D eigenvalue weighted by Gasteiger charge is -2.35. The maximum Gasteiger partial charge on any atom is 0.0363 e. The lowest BCUT2D eigenvalue weighted by atomic mass is 9.97. The summed E-state index contributed by atoms with van der Waals surface area (Å²) >= 11 is 0. The Morgan fingerprint density at radius 1 is 1.50 bits per heavy atom. The molecule has 1 aromatic heterocycles. The fourth-order valence-corrected chi connectivity index (χ4v) is 2.59. The summed E-state index contributed by atoms with van der Waals surface area (Å²) < 4.78 is 0. The van der Waals surface area contributed by atoms with Crippen molar-refractivity contribution in [2.45, 2.75) is 39.2 Å². The minimum absolute atomic E-state index is 0.657. The van der Waals surface area contributed by atoms with E-state index in [1.54, 1.807) is 0 Å². The molecule has 14 heavy (non-hydrogen) atoms. The van der Waals surface area contributed by atoms with Gasteiger partial charge in [0.1, 0.15) is 0 Å². The van der Waals surface area contributed by atoms with Crippen molar-refractivity contribution >= 4 is 0 Å². The van der Waals surface area contributed by atoms with Crippen LogP contribution in [-0.2, 0) is 6.42 Å². The number of fused-ring (bicyclic) bond motifs is 1. The van der Waals surface area contributed by atoms with E-state index in [0.29, 0.717) is 6.04 Å². The molecule has 0 aliphatic carbocycles. The van der Waals surface area contributed by atoms with Crippen LogP contribution in [0.2, 0.25) is 0 Å². The van der Waals surface area contributed by atoms with Crippen LogP contribution in [0.3, 0.4) is 0 Å². The Hall–Kier alpha value is -0.760. The third-order valence-corrected chi connectivity index (χ3v) is 3.22. The van der Waals surface area contributed by atoms with Gasteiger partial charge in [0, 0.05) is 30.9 Å². The molecule has 0 bridgehead atoms. The SMILES string of the molecule is CCCN1CCc2[nH]ccc2[C@H]1CC. The molecule has 1 aliphatic rings. The van der Waals surface area contributed by atoms with Crippen molar-refractivity contribution in [1.29, 1.82) is 0 Å². The van der Waals surface area contributed by atoms with Crippen LogP contribution in [0.4, 0.5) is 0 Å². The van der Waals surface area contributed by atoms with E-state index in [1.807, 2.05) is 0 Å². The summed E-state index contributed by atoms with van der Waals surface area (Å²) in [7, 11) is 0. The van der Waals surface area contributed by atoms with Crippen molar-refractivity contribution in [3.05, 3.63) is 23.5 Å². The second kappa shape index (κ2) is 4.18. The molecule has 1 aromatic rings. The van der Waals surface area contributed by atoms with Crippen molar-refractivity contribution in [2.24, 2.45) is 0 Å². The number of nitrogens with zero attached hydrogens (tertiary/aromatic N) is 1. The third-order valence-electron chi connectivity index (χ3n) is 3.22. The largest absolute Gasteiger partial charge is 0.365 e. The quantitative estimate of drug-likeness (QED) is 0.780. The van der Waals surface area contributed by atoms with Crippen molar-refractivity contribution in [2.75, 3.05) is 13.1 Å². The highest BCUT2D eigenvalue weighted by atomic mass is 15.2. The molecule has 0 unspecified atom stereocenters. The molecular formula is C12H20N2. The van der Waals surface area contributed by atoms with E-state index in [0.717, 1.165) is 0 Å². The first-order valence-corrected chi connectivity index (χ1v) is 5.77. The molecule has 0 radical (unpaired) electrons. The fraction of sp³-hybridized carbons (Fsp3) is 0.667. The second-order valence-electron chi connectivity index (χ2n) is 4.12. The second-order valence-corrected chi connectivity index (χ2v) is 4.12. The normalized spacial score (nSPS) is 22.3. The highest BCUT2D eigenvalue weighted by Crippen LogP contribution is 2.31. The van der Waals surface area contributed by atoms with Gasteiger partial charge in [-0.2, -0.15) is 0 Å². The summed E-state index contributed by atoms with van der Waals surface area (Å²) in [5.41, 5.74) is 3.00. The average molecular weight is 192 g/mol. The summed E-state index contributed by atoms with van der Waals surface area (Å²) in [6.45, 7) is 7.01.